The molecule has 31 heavy (non-hydrogen) atoms. The molecule has 2 aromatic carbocycles. The first-order valence-electron chi connectivity index (χ1n) is 10.3. The quantitative estimate of drug-likeness (QED) is 0.753. The minimum Gasteiger partial charge on any atom is -0.479 e. The molecule has 2 aromatic rings. The van der Waals surface area contributed by atoms with Crippen LogP contribution in [0.2, 0.25) is 5.02 Å². The molecule has 0 saturated carbocycles. The second-order valence-corrected chi connectivity index (χ2v) is 8.26. The van der Waals surface area contributed by atoms with Crippen molar-refractivity contribution in [2.24, 2.45) is 5.92 Å². The molecule has 2 aliphatic rings. The first kappa shape index (κ1) is 21.3. The normalized spacial score (nSPS) is 16.7. The minimum atomic E-state index is -0.654. The Balaban J connectivity index is 1.29. The van der Waals surface area contributed by atoms with E-state index in [-0.39, 0.29) is 24.5 Å². The number of carbonyl (C=O) groups excluding carboxylic acids is 2. The molecular formula is C23H25ClN2O5. The van der Waals surface area contributed by atoms with Crippen molar-refractivity contribution in [3.05, 3.63) is 47.0 Å². The number of piperidine rings is 1. The van der Waals surface area contributed by atoms with Gasteiger partial charge in [0.2, 0.25) is 12.7 Å². The predicted molar refractivity (Wildman–Crippen MR) is 117 cm³/mol. The summed E-state index contributed by atoms with van der Waals surface area (Å²) in [5.74, 6) is 1.49. The van der Waals surface area contributed by atoms with Gasteiger partial charge in [-0.1, -0.05) is 17.7 Å². The van der Waals surface area contributed by atoms with Crippen LogP contribution in [0.3, 0.4) is 0 Å². The zero-order valence-corrected chi connectivity index (χ0v) is 18.3. The van der Waals surface area contributed by atoms with E-state index < -0.39 is 6.10 Å². The largest absolute Gasteiger partial charge is 0.479 e. The van der Waals surface area contributed by atoms with Gasteiger partial charge in [-0.25, -0.2) is 0 Å². The third kappa shape index (κ3) is 4.88. The number of benzene rings is 2. The maximum absolute atomic E-state index is 12.8. The lowest BCUT2D eigenvalue weighted by molar-refractivity contribution is -0.140. The van der Waals surface area contributed by atoms with Crippen LogP contribution in [0.25, 0.3) is 0 Å². The molecule has 0 aliphatic carbocycles. The van der Waals surface area contributed by atoms with Crippen molar-refractivity contribution >= 4 is 29.1 Å². The van der Waals surface area contributed by atoms with Crippen LogP contribution < -0.4 is 19.5 Å². The van der Waals surface area contributed by atoms with Crippen molar-refractivity contribution in [1.82, 2.24) is 4.90 Å². The zero-order valence-electron chi connectivity index (χ0n) is 17.5. The number of nitrogens with zero attached hydrogens (tertiary/aromatic N) is 1. The SMILES string of the molecule is Cc1ccc(Cl)c(OC(C)C(=O)N2CCC(C(=O)Nc3ccc4c(c3)OCO4)CC2)c1. The van der Waals surface area contributed by atoms with E-state index in [0.717, 1.165) is 5.56 Å². The van der Waals surface area contributed by atoms with Crippen molar-refractivity contribution in [2.75, 3.05) is 25.2 Å². The summed E-state index contributed by atoms with van der Waals surface area (Å²) in [5.41, 5.74) is 1.68. The summed E-state index contributed by atoms with van der Waals surface area (Å²) in [4.78, 5) is 27.2. The summed E-state index contributed by atoms with van der Waals surface area (Å²) < 4.78 is 16.4. The van der Waals surface area contributed by atoms with Crippen molar-refractivity contribution in [3.63, 3.8) is 0 Å². The summed E-state index contributed by atoms with van der Waals surface area (Å²) in [5, 5.41) is 3.41. The lowest BCUT2D eigenvalue weighted by atomic mass is 9.95. The van der Waals surface area contributed by atoms with Crippen LogP contribution in [0, 0.1) is 12.8 Å². The Hall–Kier alpha value is -2.93. The number of amides is 2. The molecule has 0 spiro atoms. The fourth-order valence-electron chi connectivity index (χ4n) is 3.78. The van der Waals surface area contributed by atoms with E-state index in [1.807, 2.05) is 19.1 Å². The smallest absolute Gasteiger partial charge is 0.263 e. The van der Waals surface area contributed by atoms with Crippen LogP contribution in [0.4, 0.5) is 5.69 Å². The number of rotatable bonds is 5. The van der Waals surface area contributed by atoms with Gasteiger partial charge in [0, 0.05) is 30.8 Å². The van der Waals surface area contributed by atoms with Crippen LogP contribution in [-0.2, 0) is 9.59 Å². The second-order valence-electron chi connectivity index (χ2n) is 7.85. The Labute approximate surface area is 186 Å². The highest BCUT2D eigenvalue weighted by molar-refractivity contribution is 6.32. The van der Waals surface area contributed by atoms with Crippen LogP contribution in [0.1, 0.15) is 25.3 Å². The lowest BCUT2D eigenvalue weighted by Crippen LogP contribution is -2.46. The number of carbonyl (C=O) groups is 2. The van der Waals surface area contributed by atoms with E-state index >= 15 is 0 Å². The van der Waals surface area contributed by atoms with E-state index in [0.29, 0.717) is 53.9 Å². The third-order valence-electron chi connectivity index (χ3n) is 5.56. The molecule has 0 aromatic heterocycles. The first-order valence-corrected chi connectivity index (χ1v) is 10.7. The molecular weight excluding hydrogens is 420 g/mol. The lowest BCUT2D eigenvalue weighted by Gasteiger charge is -2.33. The predicted octanol–water partition coefficient (Wildman–Crippen LogP) is 4.02. The average Bonchev–Trinajstić information content (AvgIpc) is 3.23. The molecule has 164 valence electrons. The van der Waals surface area contributed by atoms with Gasteiger partial charge in [-0.2, -0.15) is 0 Å². The molecule has 1 unspecified atom stereocenters. The van der Waals surface area contributed by atoms with Crippen molar-refractivity contribution in [1.29, 1.82) is 0 Å². The number of hydrogen-bond acceptors (Lipinski definition) is 5. The van der Waals surface area contributed by atoms with E-state index in [4.69, 9.17) is 25.8 Å². The highest BCUT2D eigenvalue weighted by Gasteiger charge is 2.30. The molecule has 2 amide bonds. The highest BCUT2D eigenvalue weighted by Crippen LogP contribution is 2.34. The van der Waals surface area contributed by atoms with Crippen molar-refractivity contribution in [3.8, 4) is 17.2 Å². The molecule has 1 atom stereocenters. The van der Waals surface area contributed by atoms with Gasteiger partial charge in [-0.15, -0.1) is 0 Å². The van der Waals surface area contributed by atoms with Gasteiger partial charge in [0.15, 0.2) is 17.6 Å². The number of likely N-dealkylation sites (tertiary alicyclic amines) is 1. The van der Waals surface area contributed by atoms with Crippen LogP contribution >= 0.6 is 11.6 Å². The van der Waals surface area contributed by atoms with Crippen LogP contribution in [0.15, 0.2) is 36.4 Å². The Morgan fingerprint density at radius 3 is 2.65 bits per heavy atom. The molecule has 1 fully saturated rings. The topological polar surface area (TPSA) is 77.1 Å². The fraction of sp³-hybridized carbons (Fsp3) is 0.391. The highest BCUT2D eigenvalue weighted by atomic mass is 35.5. The van der Waals surface area contributed by atoms with E-state index in [1.54, 1.807) is 36.1 Å². The number of ether oxygens (including phenoxy) is 3. The zero-order chi connectivity index (χ0) is 22.0. The van der Waals surface area contributed by atoms with Crippen molar-refractivity contribution < 1.29 is 23.8 Å². The minimum absolute atomic E-state index is 0.0539. The molecule has 7 nitrogen and oxygen atoms in total. The van der Waals surface area contributed by atoms with Crippen molar-refractivity contribution in [2.45, 2.75) is 32.8 Å². The third-order valence-corrected chi connectivity index (χ3v) is 5.87. The summed E-state index contributed by atoms with van der Waals surface area (Å²) in [7, 11) is 0. The molecule has 0 bridgehead atoms. The summed E-state index contributed by atoms with van der Waals surface area (Å²) in [6, 6.07) is 10.8. The molecule has 2 heterocycles. The number of hydrogen-bond donors (Lipinski definition) is 1. The van der Waals surface area contributed by atoms with E-state index in [1.165, 1.54) is 0 Å². The van der Waals surface area contributed by atoms with Gasteiger partial charge >= 0.3 is 0 Å². The first-order chi connectivity index (χ1) is 14.9. The maximum atomic E-state index is 12.8. The van der Waals surface area contributed by atoms with Gasteiger partial charge in [-0.3, -0.25) is 9.59 Å². The second kappa shape index (κ2) is 9.06. The van der Waals surface area contributed by atoms with Gasteiger partial charge < -0.3 is 24.4 Å². The van der Waals surface area contributed by atoms with Gasteiger partial charge in [-0.05, 0) is 56.5 Å². The summed E-state index contributed by atoms with van der Waals surface area (Å²) in [6.07, 6.45) is 0.540. The van der Waals surface area contributed by atoms with Gasteiger partial charge in [0.05, 0.1) is 5.02 Å². The van der Waals surface area contributed by atoms with Gasteiger partial charge in [0.1, 0.15) is 5.75 Å². The molecule has 8 heteroatoms. The van der Waals surface area contributed by atoms with E-state index in [2.05, 4.69) is 5.32 Å². The molecule has 1 saturated heterocycles. The Morgan fingerprint density at radius 1 is 1.13 bits per heavy atom. The fourth-order valence-corrected chi connectivity index (χ4v) is 3.94. The Bertz CT molecular complexity index is 988. The molecule has 4 rings (SSSR count). The average molecular weight is 445 g/mol. The summed E-state index contributed by atoms with van der Waals surface area (Å²) in [6.45, 7) is 4.87. The van der Waals surface area contributed by atoms with Crippen LogP contribution in [0.5, 0.6) is 17.2 Å². The maximum Gasteiger partial charge on any atom is 0.263 e. The van der Waals surface area contributed by atoms with Crippen LogP contribution in [-0.4, -0.2) is 42.7 Å². The Morgan fingerprint density at radius 2 is 1.87 bits per heavy atom. The monoisotopic (exact) mass is 444 g/mol. The Kier molecular flexibility index (Phi) is 6.23. The number of halogens is 1. The molecule has 1 N–H and O–H groups in total. The standard InChI is InChI=1S/C23H25ClN2O5/c1-14-3-5-18(24)20(11-14)31-15(2)23(28)26-9-7-16(8-10-26)22(27)25-17-4-6-19-21(12-17)30-13-29-19/h3-6,11-12,15-16H,7-10,13H2,1-2H3,(H,25,27). The van der Waals surface area contributed by atoms with Gasteiger partial charge in [0.25, 0.3) is 5.91 Å². The number of aryl methyl sites for hydroxylation is 1. The number of fused-ring (bicyclic) bond motifs is 1. The molecule has 0 radical (unpaired) electrons. The molecule has 2 aliphatic heterocycles. The number of anilines is 1. The number of nitrogens with one attached hydrogen (secondary N) is 1. The summed E-state index contributed by atoms with van der Waals surface area (Å²) >= 11 is 6.17. The van der Waals surface area contributed by atoms with E-state index in [9.17, 15) is 9.59 Å².